The van der Waals surface area contributed by atoms with Crippen molar-refractivity contribution < 1.29 is 23.1 Å². The van der Waals surface area contributed by atoms with Crippen molar-refractivity contribution in [2.45, 2.75) is 55.8 Å². The maximum Gasteiger partial charge on any atom is 0.332 e. The first kappa shape index (κ1) is 36.9. The molecule has 0 fully saturated rings. The summed E-state index contributed by atoms with van der Waals surface area (Å²) in [4.78, 5) is 27.7. The van der Waals surface area contributed by atoms with E-state index >= 15 is 0 Å². The van der Waals surface area contributed by atoms with Gasteiger partial charge in [0.2, 0.25) is 0 Å². The predicted molar refractivity (Wildman–Crippen MR) is 182 cm³/mol. The number of aliphatic carboxylic acids is 1. The van der Waals surface area contributed by atoms with Crippen molar-refractivity contribution in [1.29, 1.82) is 5.41 Å². The van der Waals surface area contributed by atoms with E-state index in [1.54, 1.807) is 43.3 Å². The first-order valence-electron chi connectivity index (χ1n) is 14.5. The molecule has 13 heteroatoms. The maximum atomic E-state index is 13.3. The van der Waals surface area contributed by atoms with E-state index in [1.807, 2.05) is 30.3 Å². The molecule has 0 spiro atoms. The van der Waals surface area contributed by atoms with E-state index in [0.717, 1.165) is 36.2 Å². The molecule has 1 unspecified atom stereocenters. The average Bonchev–Trinajstić information content (AvgIpc) is 3.00. The number of carboxylic acid groups (broad SMARTS) is 1. The first-order chi connectivity index (χ1) is 21.0. The second kappa shape index (κ2) is 15.3. The molecule has 0 bridgehead atoms. The highest BCUT2D eigenvalue weighted by molar-refractivity contribution is 7.90. The molecular weight excluding hydrogens is 649 g/mol. The molecule has 46 heavy (non-hydrogen) atoms. The van der Waals surface area contributed by atoms with Crippen LogP contribution in [0.2, 0.25) is 0 Å². The van der Waals surface area contributed by atoms with Crippen LogP contribution in [0.25, 0.3) is 0 Å². The summed E-state index contributed by atoms with van der Waals surface area (Å²) in [5, 5.41) is 21.2. The van der Waals surface area contributed by atoms with Gasteiger partial charge < -0.3 is 10.8 Å². The molecule has 0 aromatic heterocycles. The summed E-state index contributed by atoms with van der Waals surface area (Å²) in [6.45, 7) is 4.31. The molecule has 2 aliphatic rings. The number of hydrogen-bond acceptors (Lipinski definition) is 8. The summed E-state index contributed by atoms with van der Waals surface area (Å²) in [5.74, 6) is -2.23. The molecule has 0 radical (unpaired) electrons. The molecular formula is C33H39Cl2N5O5S. The van der Waals surface area contributed by atoms with E-state index in [4.69, 9.17) is 11.1 Å². The molecule has 2 heterocycles. The van der Waals surface area contributed by atoms with E-state index in [9.17, 15) is 23.1 Å². The Morgan fingerprint density at radius 3 is 2.46 bits per heavy atom. The Morgan fingerprint density at radius 2 is 1.76 bits per heavy atom. The number of sulfonamides is 1. The minimum Gasteiger partial charge on any atom is -0.480 e. The van der Waals surface area contributed by atoms with Crippen LogP contribution in [0.5, 0.6) is 0 Å². The Labute approximate surface area is 281 Å². The average molecular weight is 689 g/mol. The second-order valence-electron chi connectivity index (χ2n) is 11.6. The van der Waals surface area contributed by atoms with Crippen LogP contribution in [0.1, 0.15) is 41.2 Å². The fourth-order valence-corrected chi connectivity index (χ4v) is 6.94. The summed E-state index contributed by atoms with van der Waals surface area (Å²) in [6.07, 6.45) is 2.70. The van der Waals surface area contributed by atoms with Crippen molar-refractivity contribution in [2.24, 2.45) is 5.73 Å². The number of Topliss-reactive ketones (excluding diaryl/α,β-unsaturated/α-hetero) is 1. The van der Waals surface area contributed by atoms with Crippen molar-refractivity contribution in [3.05, 3.63) is 112 Å². The second-order valence-corrected chi connectivity index (χ2v) is 13.2. The number of fused-ring (bicyclic) bond motifs is 1. The van der Waals surface area contributed by atoms with Gasteiger partial charge in [-0.2, -0.15) is 0 Å². The normalized spacial score (nSPS) is 18.5. The molecule has 0 amide bonds. The van der Waals surface area contributed by atoms with Gasteiger partial charge in [-0.15, -0.1) is 24.8 Å². The van der Waals surface area contributed by atoms with Crippen LogP contribution >= 0.6 is 24.8 Å². The lowest BCUT2D eigenvalue weighted by atomic mass is 9.80. The van der Waals surface area contributed by atoms with Gasteiger partial charge in [0.1, 0.15) is 5.84 Å². The summed E-state index contributed by atoms with van der Waals surface area (Å²) in [5.41, 5.74) is 9.33. The zero-order valence-corrected chi connectivity index (χ0v) is 27.8. The minimum atomic E-state index is -4.05. The number of carboxylic acids is 1. The van der Waals surface area contributed by atoms with Gasteiger partial charge in [0.15, 0.2) is 11.3 Å². The van der Waals surface area contributed by atoms with Crippen LogP contribution in [0.3, 0.4) is 0 Å². The Hall–Kier alpha value is -3.58. The monoisotopic (exact) mass is 687 g/mol. The number of hydrogen-bond donors (Lipinski definition) is 5. The summed E-state index contributed by atoms with van der Waals surface area (Å²) >= 11 is 0. The number of nitrogens with zero attached hydrogens (tertiary/aromatic N) is 1. The SMILES string of the molecule is CC1=CCN[C@@](C(=O)O)(C(=O)C(N)Cc2cccc(C(=N)NS(=O)(=O)c3ccc4c(c3)CN(Cc3ccccc3)CC4)c2)C1.Cl.Cl. The van der Waals surface area contributed by atoms with Gasteiger partial charge in [-0.25, -0.2) is 13.2 Å². The van der Waals surface area contributed by atoms with Crippen LogP contribution in [-0.4, -0.2) is 60.7 Å². The Bertz CT molecular complexity index is 1740. The van der Waals surface area contributed by atoms with Crippen molar-refractivity contribution in [1.82, 2.24) is 14.9 Å². The van der Waals surface area contributed by atoms with E-state index < -0.39 is 33.4 Å². The molecule has 0 aliphatic carbocycles. The third kappa shape index (κ3) is 8.22. The number of nitrogens with two attached hydrogens (primary N) is 1. The van der Waals surface area contributed by atoms with Gasteiger partial charge in [-0.1, -0.05) is 66.2 Å². The molecule has 10 nitrogen and oxygen atoms in total. The van der Waals surface area contributed by atoms with Gasteiger partial charge in [-0.05, 0) is 60.2 Å². The molecule has 6 N–H and O–H groups in total. The zero-order chi connectivity index (χ0) is 31.5. The minimum absolute atomic E-state index is 0. The number of amidine groups is 1. The van der Waals surface area contributed by atoms with Crippen molar-refractivity contribution in [3.8, 4) is 0 Å². The smallest absolute Gasteiger partial charge is 0.332 e. The molecule has 246 valence electrons. The fraction of sp³-hybridized carbons (Fsp3) is 0.303. The highest BCUT2D eigenvalue weighted by atomic mass is 35.5. The van der Waals surface area contributed by atoms with Crippen LogP contribution in [-0.2, 0) is 45.5 Å². The number of nitrogens with one attached hydrogen (secondary N) is 3. The third-order valence-corrected chi connectivity index (χ3v) is 9.60. The number of ketones is 1. The molecule has 5 rings (SSSR count). The molecule has 0 saturated carbocycles. The van der Waals surface area contributed by atoms with Crippen LogP contribution < -0.4 is 15.8 Å². The summed E-state index contributed by atoms with van der Waals surface area (Å²) in [7, 11) is -4.05. The quantitative estimate of drug-likeness (QED) is 0.0934. The van der Waals surface area contributed by atoms with Crippen LogP contribution in [0, 0.1) is 5.41 Å². The lowest BCUT2D eigenvalue weighted by Crippen LogP contribution is -2.64. The zero-order valence-electron chi connectivity index (χ0n) is 25.4. The Balaban J connectivity index is 0.00000288. The number of benzene rings is 3. The fourth-order valence-electron chi connectivity index (χ4n) is 5.89. The van der Waals surface area contributed by atoms with Gasteiger partial charge in [-0.3, -0.25) is 25.1 Å². The third-order valence-electron chi connectivity index (χ3n) is 8.26. The molecule has 2 aliphatic heterocycles. The van der Waals surface area contributed by atoms with Gasteiger partial charge in [0.25, 0.3) is 10.0 Å². The molecule has 3 aromatic rings. The van der Waals surface area contributed by atoms with Gasteiger partial charge >= 0.3 is 5.97 Å². The lowest BCUT2D eigenvalue weighted by Gasteiger charge is -2.34. The lowest BCUT2D eigenvalue weighted by molar-refractivity contribution is -0.150. The van der Waals surface area contributed by atoms with Gasteiger partial charge in [0.05, 0.1) is 10.9 Å². The first-order valence-corrected chi connectivity index (χ1v) is 16.0. The van der Waals surface area contributed by atoms with E-state index in [1.165, 1.54) is 5.56 Å². The molecule has 3 aromatic carbocycles. The Kier molecular flexibility index (Phi) is 12.3. The van der Waals surface area contributed by atoms with Crippen LogP contribution in [0.4, 0.5) is 0 Å². The number of rotatable bonds is 10. The van der Waals surface area contributed by atoms with Gasteiger partial charge in [0, 0.05) is 38.2 Å². The molecule has 0 saturated heterocycles. The van der Waals surface area contributed by atoms with Crippen molar-refractivity contribution >= 4 is 52.4 Å². The van der Waals surface area contributed by atoms with Crippen molar-refractivity contribution in [3.63, 3.8) is 0 Å². The summed E-state index contributed by atoms with van der Waals surface area (Å²) < 4.78 is 29.0. The largest absolute Gasteiger partial charge is 0.480 e. The predicted octanol–water partition coefficient (Wildman–Crippen LogP) is 3.59. The highest BCUT2D eigenvalue weighted by Gasteiger charge is 2.48. The number of carbonyl (C=O) groups is 2. The topological polar surface area (TPSA) is 166 Å². The molecule has 2 atom stereocenters. The van der Waals surface area contributed by atoms with Crippen LogP contribution in [0.15, 0.2) is 89.3 Å². The Morgan fingerprint density at radius 1 is 1.04 bits per heavy atom. The standard InChI is InChI=1S/C33H37N5O5S.2ClH/c1-22-12-14-36-33(19-22,32(40)41)30(39)29(34)17-24-8-5-9-26(16-24)31(35)37-44(42,43)28-11-10-25-13-15-38(21-27(25)18-28)20-23-6-3-2-4-7-23;;/h2-12,16,18,29,36H,13-15,17,19-21,34H2,1H3,(H2,35,37)(H,40,41);2*1H/t29?,33-;;/m1../s1. The van der Waals surface area contributed by atoms with E-state index in [0.29, 0.717) is 17.7 Å². The maximum absolute atomic E-state index is 13.3. The number of carbonyl (C=O) groups excluding carboxylic acids is 1. The van der Waals surface area contributed by atoms with E-state index in [-0.39, 0.29) is 54.9 Å². The van der Waals surface area contributed by atoms with E-state index in [2.05, 4.69) is 27.1 Å². The highest BCUT2D eigenvalue weighted by Crippen LogP contribution is 2.26. The van der Waals surface area contributed by atoms with Crippen molar-refractivity contribution in [2.75, 3.05) is 13.1 Å². The summed E-state index contributed by atoms with van der Waals surface area (Å²) in [6, 6.07) is 20.6. The number of halogens is 2.